The molecule has 0 spiro atoms. The summed E-state index contributed by atoms with van der Waals surface area (Å²) >= 11 is 0. The van der Waals surface area contributed by atoms with Crippen LogP contribution in [0.25, 0.3) is 0 Å². The van der Waals surface area contributed by atoms with Gasteiger partial charge >= 0.3 is 0 Å². The molecule has 0 fully saturated rings. The maximum atomic E-state index is 9.13. The minimum absolute atomic E-state index is 0.243. The molecule has 0 saturated heterocycles. The average Bonchev–Trinajstić information content (AvgIpc) is 2.39. The number of aromatic nitrogens is 2. The number of nitriles is 1. The van der Waals surface area contributed by atoms with Crippen molar-refractivity contribution in [1.82, 2.24) is 9.97 Å². The number of hydrogen-bond acceptors (Lipinski definition) is 5. The molecule has 0 atom stereocenters. The number of nitrogens with zero attached hydrogens (tertiary/aromatic N) is 3. The summed E-state index contributed by atoms with van der Waals surface area (Å²) in [7, 11) is 0. The van der Waals surface area contributed by atoms with Crippen LogP contribution in [0, 0.1) is 11.3 Å². The second-order valence-corrected chi connectivity index (χ2v) is 3.42. The molecule has 0 radical (unpaired) electrons. The first-order valence-electron chi connectivity index (χ1n) is 5.02. The van der Waals surface area contributed by atoms with Crippen LogP contribution in [-0.2, 0) is 6.54 Å². The number of benzene rings is 1. The lowest BCUT2D eigenvalue weighted by atomic mass is 10.2. The maximum absolute atomic E-state index is 9.13. The minimum atomic E-state index is 0.243. The molecule has 0 aliphatic heterocycles. The normalized spacial score (nSPS) is 9.59. The zero-order valence-corrected chi connectivity index (χ0v) is 8.96. The molecule has 1 aromatic carbocycles. The molecule has 84 valence electrons. The predicted molar refractivity (Wildman–Crippen MR) is 62.2 cm³/mol. The van der Waals surface area contributed by atoms with Gasteiger partial charge in [-0.15, -0.1) is 0 Å². The first-order chi connectivity index (χ1) is 8.28. The number of hydrogen-bond donors (Lipinski definition) is 2. The summed E-state index contributed by atoms with van der Waals surface area (Å²) in [5, 5.41) is 20.8. The van der Waals surface area contributed by atoms with Crippen molar-refractivity contribution >= 4 is 5.82 Å². The first kappa shape index (κ1) is 10.9. The van der Waals surface area contributed by atoms with E-state index < -0.39 is 0 Å². The van der Waals surface area contributed by atoms with E-state index in [0.717, 1.165) is 5.56 Å². The second-order valence-electron chi connectivity index (χ2n) is 3.42. The Morgan fingerprint density at radius 2 is 1.94 bits per heavy atom. The van der Waals surface area contributed by atoms with Gasteiger partial charge in [0.2, 0.25) is 0 Å². The van der Waals surface area contributed by atoms with Crippen molar-refractivity contribution in [2.24, 2.45) is 0 Å². The van der Waals surface area contributed by atoms with E-state index in [1.807, 2.05) is 18.2 Å². The fourth-order valence-electron chi connectivity index (χ4n) is 1.28. The van der Waals surface area contributed by atoms with Crippen LogP contribution in [0.1, 0.15) is 11.3 Å². The van der Waals surface area contributed by atoms with Crippen LogP contribution in [0.2, 0.25) is 0 Å². The molecule has 0 saturated carbocycles. The second kappa shape index (κ2) is 4.94. The van der Waals surface area contributed by atoms with Crippen LogP contribution in [0.5, 0.6) is 5.75 Å². The van der Waals surface area contributed by atoms with Gasteiger partial charge in [0, 0.05) is 6.54 Å². The van der Waals surface area contributed by atoms with E-state index in [9.17, 15) is 0 Å². The molecule has 1 heterocycles. The van der Waals surface area contributed by atoms with Gasteiger partial charge in [-0.3, -0.25) is 0 Å². The van der Waals surface area contributed by atoms with Crippen LogP contribution in [0.3, 0.4) is 0 Å². The molecule has 2 rings (SSSR count). The maximum Gasteiger partial charge on any atom is 0.158 e. The van der Waals surface area contributed by atoms with Crippen LogP contribution >= 0.6 is 0 Å². The number of nitrogens with one attached hydrogen (secondary N) is 1. The van der Waals surface area contributed by atoms with E-state index in [-0.39, 0.29) is 5.75 Å². The molecule has 17 heavy (non-hydrogen) atoms. The average molecular weight is 226 g/mol. The molecule has 0 aliphatic carbocycles. The van der Waals surface area contributed by atoms with Crippen molar-refractivity contribution in [3.63, 3.8) is 0 Å². The van der Waals surface area contributed by atoms with Gasteiger partial charge in [-0.1, -0.05) is 12.1 Å². The summed E-state index contributed by atoms with van der Waals surface area (Å²) in [6.45, 7) is 0.584. The molecular formula is C12H10N4O. The third-order valence-corrected chi connectivity index (χ3v) is 2.18. The Labute approximate surface area is 98.4 Å². The van der Waals surface area contributed by atoms with E-state index >= 15 is 0 Å². The van der Waals surface area contributed by atoms with Crippen molar-refractivity contribution in [2.75, 3.05) is 5.32 Å². The summed E-state index contributed by atoms with van der Waals surface area (Å²) in [4.78, 5) is 7.93. The number of phenolic OH excluding ortho intramolecular Hbond substituents is 1. The fraction of sp³-hybridized carbons (Fsp3) is 0.0833. The highest BCUT2D eigenvalue weighted by molar-refractivity contribution is 5.35. The van der Waals surface area contributed by atoms with Crippen molar-refractivity contribution in [2.45, 2.75) is 6.54 Å². The topological polar surface area (TPSA) is 81.8 Å². The van der Waals surface area contributed by atoms with Gasteiger partial charge in [0.15, 0.2) is 5.69 Å². The number of phenols is 1. The quantitative estimate of drug-likeness (QED) is 0.831. The zero-order valence-electron chi connectivity index (χ0n) is 8.96. The lowest BCUT2D eigenvalue weighted by Crippen LogP contribution is -2.01. The van der Waals surface area contributed by atoms with E-state index in [1.165, 1.54) is 12.4 Å². The molecule has 0 unspecified atom stereocenters. The highest BCUT2D eigenvalue weighted by Crippen LogP contribution is 2.11. The smallest absolute Gasteiger partial charge is 0.158 e. The monoisotopic (exact) mass is 226 g/mol. The van der Waals surface area contributed by atoms with Gasteiger partial charge in [0.1, 0.15) is 17.6 Å². The molecule has 1 aromatic heterocycles. The van der Waals surface area contributed by atoms with Gasteiger partial charge in [-0.05, 0) is 17.7 Å². The number of rotatable bonds is 3. The standard InChI is InChI=1S/C12H10N4O/c13-5-10-7-16-12(8-14-10)15-6-9-1-3-11(17)4-2-9/h1-4,7-8,17H,6H2,(H,15,16). The van der Waals surface area contributed by atoms with Gasteiger partial charge in [-0.2, -0.15) is 5.26 Å². The molecule has 0 bridgehead atoms. The third kappa shape index (κ3) is 2.92. The Bertz CT molecular complexity index is 528. The largest absolute Gasteiger partial charge is 0.508 e. The molecule has 2 N–H and O–H groups in total. The molecule has 2 aromatic rings. The zero-order chi connectivity index (χ0) is 12.1. The van der Waals surface area contributed by atoms with Gasteiger partial charge < -0.3 is 10.4 Å². The Hall–Kier alpha value is -2.61. The Morgan fingerprint density at radius 3 is 2.53 bits per heavy atom. The Morgan fingerprint density at radius 1 is 1.18 bits per heavy atom. The number of aromatic hydroxyl groups is 1. The lowest BCUT2D eigenvalue weighted by molar-refractivity contribution is 0.475. The van der Waals surface area contributed by atoms with Gasteiger partial charge in [-0.25, -0.2) is 9.97 Å². The Kier molecular flexibility index (Phi) is 3.17. The Balaban J connectivity index is 1.98. The van der Waals surface area contributed by atoms with Crippen molar-refractivity contribution in [3.05, 3.63) is 47.9 Å². The number of anilines is 1. The van der Waals surface area contributed by atoms with E-state index in [0.29, 0.717) is 18.1 Å². The van der Waals surface area contributed by atoms with Crippen molar-refractivity contribution in [3.8, 4) is 11.8 Å². The summed E-state index contributed by atoms with van der Waals surface area (Å²) < 4.78 is 0. The SMILES string of the molecule is N#Cc1cnc(NCc2ccc(O)cc2)cn1. The van der Waals surface area contributed by atoms with E-state index in [2.05, 4.69) is 15.3 Å². The van der Waals surface area contributed by atoms with Crippen LogP contribution < -0.4 is 5.32 Å². The summed E-state index contributed by atoms with van der Waals surface area (Å²) in [5.74, 6) is 0.851. The molecule has 5 nitrogen and oxygen atoms in total. The van der Waals surface area contributed by atoms with Crippen LogP contribution in [0.4, 0.5) is 5.82 Å². The molecule has 5 heteroatoms. The van der Waals surface area contributed by atoms with E-state index in [4.69, 9.17) is 10.4 Å². The van der Waals surface area contributed by atoms with Crippen LogP contribution in [0.15, 0.2) is 36.7 Å². The summed E-state index contributed by atoms with van der Waals surface area (Å²) in [6, 6.07) is 8.80. The highest BCUT2D eigenvalue weighted by Gasteiger charge is 1.97. The molecule has 0 aliphatic rings. The minimum Gasteiger partial charge on any atom is -0.508 e. The van der Waals surface area contributed by atoms with Crippen molar-refractivity contribution < 1.29 is 5.11 Å². The first-order valence-corrected chi connectivity index (χ1v) is 5.02. The molecule has 0 amide bonds. The van der Waals surface area contributed by atoms with Gasteiger partial charge in [0.25, 0.3) is 0 Å². The molecular weight excluding hydrogens is 216 g/mol. The lowest BCUT2D eigenvalue weighted by Gasteiger charge is -2.04. The van der Waals surface area contributed by atoms with Crippen LogP contribution in [-0.4, -0.2) is 15.1 Å². The summed E-state index contributed by atoms with van der Waals surface area (Å²) in [5.41, 5.74) is 1.31. The third-order valence-electron chi connectivity index (χ3n) is 2.18. The highest BCUT2D eigenvalue weighted by atomic mass is 16.3. The predicted octanol–water partition coefficient (Wildman–Crippen LogP) is 1.67. The fourth-order valence-corrected chi connectivity index (χ4v) is 1.28. The van der Waals surface area contributed by atoms with E-state index in [1.54, 1.807) is 12.1 Å². The van der Waals surface area contributed by atoms with Gasteiger partial charge in [0.05, 0.1) is 12.4 Å². The van der Waals surface area contributed by atoms with Crippen molar-refractivity contribution in [1.29, 1.82) is 5.26 Å². The summed E-state index contributed by atoms with van der Waals surface area (Å²) in [6.07, 6.45) is 2.93.